The summed E-state index contributed by atoms with van der Waals surface area (Å²) in [6, 6.07) is 13.1. The van der Waals surface area contributed by atoms with Gasteiger partial charge in [-0.2, -0.15) is 0 Å². The third-order valence-corrected chi connectivity index (χ3v) is 6.78. The van der Waals surface area contributed by atoms with Crippen LogP contribution in [0.2, 0.25) is 0 Å². The summed E-state index contributed by atoms with van der Waals surface area (Å²) < 4.78 is 1.14. The Bertz CT molecular complexity index is 1180. The zero-order chi connectivity index (χ0) is 20.9. The van der Waals surface area contributed by atoms with Gasteiger partial charge in [-0.15, -0.1) is 11.3 Å². The molecule has 2 aromatic carbocycles. The lowest BCUT2D eigenvalue weighted by atomic mass is 9.77. The number of rotatable bonds is 4. The Kier molecular flexibility index (Phi) is 4.32. The van der Waals surface area contributed by atoms with Crippen molar-refractivity contribution in [2.24, 2.45) is 0 Å². The van der Waals surface area contributed by atoms with Crippen LogP contribution in [0.1, 0.15) is 24.8 Å². The summed E-state index contributed by atoms with van der Waals surface area (Å²) in [6.45, 7) is 1.77. The topological polar surface area (TPSA) is 91.4 Å². The first kappa shape index (κ1) is 18.7. The molecular weight excluding hydrogens is 400 g/mol. The Labute approximate surface area is 177 Å². The third-order valence-electron chi connectivity index (χ3n) is 5.71. The van der Waals surface area contributed by atoms with Gasteiger partial charge in [-0.25, -0.2) is 9.78 Å². The van der Waals surface area contributed by atoms with Gasteiger partial charge in [0.15, 0.2) is 0 Å². The lowest BCUT2D eigenvalue weighted by Gasteiger charge is -2.34. The maximum Gasteiger partial charge on any atom is 0.325 e. The standard InChI is InChI=1S/C22H20N4O3S/c1-13-3-8-16-17(11-13)30-19(24-16)14-4-6-15(7-5-14)23-18(27)12-26-20(28)22(9-2-10-22)25-21(26)29/h3-8,11H,2,9-10,12H2,1H3,(H,23,27)(H,25,29). The van der Waals surface area contributed by atoms with Crippen molar-refractivity contribution in [1.29, 1.82) is 0 Å². The fourth-order valence-corrected chi connectivity index (χ4v) is 4.95. The van der Waals surface area contributed by atoms with E-state index >= 15 is 0 Å². The van der Waals surface area contributed by atoms with Crippen molar-refractivity contribution in [3.8, 4) is 10.6 Å². The Morgan fingerprint density at radius 3 is 2.63 bits per heavy atom. The Morgan fingerprint density at radius 2 is 1.97 bits per heavy atom. The molecule has 1 spiro atoms. The van der Waals surface area contributed by atoms with Crippen LogP contribution < -0.4 is 10.6 Å². The summed E-state index contributed by atoms with van der Waals surface area (Å²) >= 11 is 1.63. The first-order valence-corrected chi connectivity index (χ1v) is 10.7. The first-order chi connectivity index (χ1) is 14.4. The van der Waals surface area contributed by atoms with Crippen molar-refractivity contribution >= 4 is 45.1 Å². The molecule has 2 aliphatic rings. The normalized spacial score (nSPS) is 17.3. The molecular formula is C22H20N4O3S. The predicted molar refractivity (Wildman–Crippen MR) is 115 cm³/mol. The van der Waals surface area contributed by atoms with E-state index in [9.17, 15) is 14.4 Å². The van der Waals surface area contributed by atoms with Crippen molar-refractivity contribution in [3.05, 3.63) is 48.0 Å². The largest absolute Gasteiger partial charge is 0.325 e. The van der Waals surface area contributed by atoms with Crippen LogP contribution in [0.3, 0.4) is 0 Å². The molecule has 0 radical (unpaired) electrons. The lowest BCUT2D eigenvalue weighted by Crippen LogP contribution is -2.52. The van der Waals surface area contributed by atoms with Crippen LogP contribution in [0.4, 0.5) is 10.5 Å². The number of carbonyl (C=O) groups excluding carboxylic acids is 3. The molecule has 3 aromatic rings. The maximum absolute atomic E-state index is 12.5. The van der Waals surface area contributed by atoms with Gasteiger partial charge < -0.3 is 10.6 Å². The summed E-state index contributed by atoms with van der Waals surface area (Å²) in [5, 5.41) is 6.40. The fraction of sp³-hybridized carbons (Fsp3) is 0.273. The van der Waals surface area contributed by atoms with Crippen LogP contribution in [0.15, 0.2) is 42.5 Å². The highest BCUT2D eigenvalue weighted by atomic mass is 32.1. The molecule has 7 nitrogen and oxygen atoms in total. The van der Waals surface area contributed by atoms with Crippen molar-refractivity contribution in [1.82, 2.24) is 15.2 Å². The van der Waals surface area contributed by atoms with Gasteiger partial charge in [0.1, 0.15) is 17.1 Å². The van der Waals surface area contributed by atoms with E-state index in [0.717, 1.165) is 32.1 Å². The molecule has 1 saturated carbocycles. The Hall–Kier alpha value is -3.26. The molecule has 2 heterocycles. The third kappa shape index (κ3) is 3.13. The van der Waals surface area contributed by atoms with Crippen LogP contribution in [0, 0.1) is 6.92 Å². The number of hydrogen-bond acceptors (Lipinski definition) is 5. The molecule has 1 saturated heterocycles. The molecule has 1 aromatic heterocycles. The van der Waals surface area contributed by atoms with Crippen LogP contribution in [-0.4, -0.2) is 39.8 Å². The number of aromatic nitrogens is 1. The van der Waals surface area contributed by atoms with Gasteiger partial charge in [0.05, 0.1) is 10.2 Å². The molecule has 2 N–H and O–H groups in total. The van der Waals surface area contributed by atoms with E-state index in [-0.39, 0.29) is 12.5 Å². The van der Waals surface area contributed by atoms with E-state index in [1.807, 2.05) is 24.3 Å². The zero-order valence-electron chi connectivity index (χ0n) is 16.4. The number of urea groups is 1. The molecule has 5 rings (SSSR count). The van der Waals surface area contributed by atoms with Gasteiger partial charge in [-0.05, 0) is 68.1 Å². The Balaban J connectivity index is 1.26. The molecule has 2 fully saturated rings. The lowest BCUT2D eigenvalue weighted by molar-refractivity contribution is -0.136. The highest BCUT2D eigenvalue weighted by Crippen LogP contribution is 2.37. The highest BCUT2D eigenvalue weighted by Gasteiger charge is 2.54. The van der Waals surface area contributed by atoms with Crippen LogP contribution in [-0.2, 0) is 9.59 Å². The number of nitrogens with one attached hydrogen (secondary N) is 2. The highest BCUT2D eigenvalue weighted by molar-refractivity contribution is 7.21. The van der Waals surface area contributed by atoms with E-state index < -0.39 is 17.5 Å². The number of hydrogen-bond donors (Lipinski definition) is 2. The minimum absolute atomic E-state index is 0.286. The van der Waals surface area contributed by atoms with Gasteiger partial charge in [-0.1, -0.05) is 6.07 Å². The molecule has 1 aliphatic carbocycles. The molecule has 30 heavy (non-hydrogen) atoms. The number of fused-ring (bicyclic) bond motifs is 1. The van der Waals surface area contributed by atoms with E-state index in [1.165, 1.54) is 5.56 Å². The average Bonchev–Trinajstić information content (AvgIpc) is 3.22. The van der Waals surface area contributed by atoms with Gasteiger partial charge in [0.2, 0.25) is 5.91 Å². The molecule has 4 amide bonds. The second-order valence-corrected chi connectivity index (χ2v) is 8.90. The molecule has 0 unspecified atom stereocenters. The van der Waals surface area contributed by atoms with Gasteiger partial charge in [0, 0.05) is 11.3 Å². The second-order valence-electron chi connectivity index (χ2n) is 7.87. The van der Waals surface area contributed by atoms with Crippen LogP contribution in [0.5, 0.6) is 0 Å². The molecule has 152 valence electrons. The van der Waals surface area contributed by atoms with Crippen LogP contribution in [0.25, 0.3) is 20.8 Å². The molecule has 0 bridgehead atoms. The molecule has 8 heteroatoms. The quantitative estimate of drug-likeness (QED) is 0.630. The number of carbonyl (C=O) groups is 3. The molecule has 1 aliphatic heterocycles. The number of anilines is 1. The summed E-state index contributed by atoms with van der Waals surface area (Å²) in [5.41, 5.74) is 2.97. The number of aryl methyl sites for hydroxylation is 1. The van der Waals surface area contributed by atoms with Crippen molar-refractivity contribution in [2.75, 3.05) is 11.9 Å². The number of nitrogens with zero attached hydrogens (tertiary/aromatic N) is 2. The monoisotopic (exact) mass is 420 g/mol. The minimum Gasteiger partial charge on any atom is -0.325 e. The van der Waals surface area contributed by atoms with Crippen molar-refractivity contribution < 1.29 is 14.4 Å². The Morgan fingerprint density at radius 1 is 1.20 bits per heavy atom. The van der Waals surface area contributed by atoms with Crippen molar-refractivity contribution in [2.45, 2.75) is 31.7 Å². The van der Waals surface area contributed by atoms with E-state index in [2.05, 4.69) is 28.6 Å². The predicted octanol–water partition coefficient (Wildman–Crippen LogP) is 3.68. The summed E-state index contributed by atoms with van der Waals surface area (Å²) in [5.74, 6) is -0.701. The molecule has 0 atom stereocenters. The second kappa shape index (κ2) is 6.91. The van der Waals surface area contributed by atoms with E-state index in [1.54, 1.807) is 23.5 Å². The summed E-state index contributed by atoms with van der Waals surface area (Å²) in [6.07, 6.45) is 2.19. The fourth-order valence-electron chi connectivity index (χ4n) is 3.88. The first-order valence-electron chi connectivity index (χ1n) is 9.85. The van der Waals surface area contributed by atoms with Gasteiger partial charge in [-0.3, -0.25) is 14.5 Å². The SMILES string of the molecule is Cc1ccc2nc(-c3ccc(NC(=O)CN4C(=O)NC5(CCC5)C4=O)cc3)sc2c1. The smallest absolute Gasteiger partial charge is 0.325 e. The summed E-state index contributed by atoms with van der Waals surface area (Å²) in [7, 11) is 0. The van der Waals surface area contributed by atoms with Crippen molar-refractivity contribution in [3.63, 3.8) is 0 Å². The number of benzene rings is 2. The van der Waals surface area contributed by atoms with Crippen LogP contribution >= 0.6 is 11.3 Å². The van der Waals surface area contributed by atoms with Gasteiger partial charge >= 0.3 is 6.03 Å². The van der Waals surface area contributed by atoms with Gasteiger partial charge in [0.25, 0.3) is 5.91 Å². The average molecular weight is 420 g/mol. The number of thiazole rings is 1. The van der Waals surface area contributed by atoms with E-state index in [0.29, 0.717) is 18.5 Å². The maximum atomic E-state index is 12.5. The number of amides is 4. The zero-order valence-corrected chi connectivity index (χ0v) is 17.2. The summed E-state index contributed by atoms with van der Waals surface area (Å²) in [4.78, 5) is 42.6. The minimum atomic E-state index is -0.769. The van der Waals surface area contributed by atoms with E-state index in [4.69, 9.17) is 0 Å². The number of imide groups is 1.